The Labute approximate surface area is 483 Å². The molecule has 5 aromatic heterocycles. The Bertz CT molecular complexity index is 4780. The molecule has 0 spiro atoms. The van der Waals surface area contributed by atoms with E-state index in [1.165, 1.54) is 43.1 Å². The van der Waals surface area contributed by atoms with Gasteiger partial charge >= 0.3 is 0 Å². The zero-order valence-electron chi connectivity index (χ0n) is 45.6. The van der Waals surface area contributed by atoms with Crippen molar-refractivity contribution in [3.05, 3.63) is 297 Å². The highest BCUT2D eigenvalue weighted by molar-refractivity contribution is 6.13. The van der Waals surface area contributed by atoms with Gasteiger partial charge in [-0.05, 0) is 120 Å². The quantitative estimate of drug-likeness (QED) is 0.145. The summed E-state index contributed by atoms with van der Waals surface area (Å²) in [4.78, 5) is 11.4. The minimum Gasteiger partial charge on any atom is -0.309 e. The Kier molecular flexibility index (Phi) is 10.7. The van der Waals surface area contributed by atoms with Crippen molar-refractivity contribution >= 4 is 93.3 Å². The highest BCUT2D eigenvalue weighted by Crippen LogP contribution is 2.42. The summed E-state index contributed by atoms with van der Waals surface area (Å²) in [6, 6.07) is 103. The van der Waals surface area contributed by atoms with Crippen molar-refractivity contribution in [3.63, 3.8) is 0 Å². The highest BCUT2D eigenvalue weighted by atomic mass is 15.0. The maximum atomic E-state index is 5.71. The molecule has 0 aliphatic rings. The molecule has 0 aliphatic heterocycles. The average Bonchev–Trinajstić information content (AvgIpc) is 2.52. The van der Waals surface area contributed by atoms with Gasteiger partial charge in [-0.2, -0.15) is 0 Å². The fraction of sp³-hybridized carbons (Fsp3) is 0. The fourth-order valence-electron chi connectivity index (χ4n) is 13.4. The molecule has 6 nitrogen and oxygen atoms in total. The van der Waals surface area contributed by atoms with Gasteiger partial charge in [-0.3, -0.25) is 0 Å². The number of hydrogen-bond donors (Lipinski definition) is 0. The summed E-state index contributed by atoms with van der Waals surface area (Å²) in [6.45, 7) is 4.09. The van der Waals surface area contributed by atoms with Crippen LogP contribution < -0.4 is 0 Å². The molecule has 0 radical (unpaired) electrons. The molecule has 6 heteroatoms. The Balaban J connectivity index is 0.978. The number of hydrogen-bond acceptors (Lipinski definition) is 2. The smallest absolute Gasteiger partial charge is 0.160 e. The fourth-order valence-corrected chi connectivity index (χ4v) is 13.4. The van der Waals surface area contributed by atoms with Gasteiger partial charge in [-0.1, -0.05) is 195 Å². The zero-order valence-corrected chi connectivity index (χ0v) is 45.6. The minimum absolute atomic E-state index is 0.616. The van der Waals surface area contributed by atoms with Gasteiger partial charge in [0.2, 0.25) is 0 Å². The molecule has 0 atom stereocenters. The second kappa shape index (κ2) is 18.9. The average molecular weight is 1070 g/mol. The van der Waals surface area contributed by atoms with E-state index in [1.807, 2.05) is 6.08 Å². The van der Waals surface area contributed by atoms with Crippen LogP contribution in [0.5, 0.6) is 0 Å². The molecule has 84 heavy (non-hydrogen) atoms. The Morgan fingerprint density at radius 3 is 0.821 bits per heavy atom. The standard InChI is InChI=1S/C78H50N6/c1-2-50-21-19-22-51(41-50)52-23-20-24-53(42-52)78-79-68(54-43-56(81-70-33-11-3-25-60(70)61-26-4-12-34-71(61)81)47-57(44-54)82-72-35-13-5-27-62(72)63-28-6-14-36-73(63)82)49-69(80-78)55-45-58(83-74-37-15-7-29-64(74)65-30-8-16-38-75(65)83)48-59(46-55)84-76-39-17-9-31-66(76)67-32-10-18-40-77(67)84/h2-49H,1H2. The topological polar surface area (TPSA) is 45.5 Å². The van der Waals surface area contributed by atoms with Crippen molar-refractivity contribution in [1.82, 2.24) is 28.2 Å². The van der Waals surface area contributed by atoms with Crippen LogP contribution >= 0.6 is 0 Å². The Morgan fingerprint density at radius 1 is 0.238 bits per heavy atom. The lowest BCUT2D eigenvalue weighted by molar-refractivity contribution is 1.12. The van der Waals surface area contributed by atoms with Gasteiger partial charge in [0, 0.05) is 82.5 Å². The van der Waals surface area contributed by atoms with Crippen LogP contribution in [-0.4, -0.2) is 28.2 Å². The minimum atomic E-state index is 0.616. The SMILES string of the molecule is C=Cc1cccc(-c2cccc(-c3nc(-c4cc(-n5c6ccccc6c6ccccc65)cc(-n5c6ccccc6c6ccccc65)c4)cc(-c4cc(-n5c6ccccc6c6ccccc65)cc(-n5c6ccccc6c6ccccc65)c4)n3)c2)c1. The van der Waals surface area contributed by atoms with Crippen LogP contribution in [0, 0.1) is 0 Å². The molecule has 0 saturated carbocycles. The van der Waals surface area contributed by atoms with E-state index in [1.54, 1.807) is 0 Å². The lowest BCUT2D eigenvalue weighted by Crippen LogP contribution is -2.03. The molecule has 17 aromatic rings. The summed E-state index contributed by atoms with van der Waals surface area (Å²) < 4.78 is 9.68. The molecule has 392 valence electrons. The van der Waals surface area contributed by atoms with Gasteiger partial charge in [-0.25, -0.2) is 9.97 Å². The molecule has 0 aliphatic carbocycles. The third-order valence-corrected chi connectivity index (χ3v) is 17.1. The summed E-state index contributed by atoms with van der Waals surface area (Å²) in [5.41, 5.74) is 20.7. The van der Waals surface area contributed by atoms with Crippen molar-refractivity contribution in [1.29, 1.82) is 0 Å². The molecule has 5 heterocycles. The molecule has 0 amide bonds. The van der Waals surface area contributed by atoms with E-state index >= 15 is 0 Å². The molecule has 17 rings (SSSR count). The third-order valence-electron chi connectivity index (χ3n) is 17.1. The van der Waals surface area contributed by atoms with Crippen LogP contribution in [0.15, 0.2) is 292 Å². The number of fused-ring (bicyclic) bond motifs is 12. The van der Waals surface area contributed by atoms with Gasteiger partial charge in [0.05, 0.1) is 55.5 Å². The first kappa shape index (κ1) is 47.5. The molecule has 12 aromatic carbocycles. The highest BCUT2D eigenvalue weighted by Gasteiger charge is 2.22. The van der Waals surface area contributed by atoms with E-state index < -0.39 is 0 Å². The molecule has 0 unspecified atom stereocenters. The van der Waals surface area contributed by atoms with Crippen LogP contribution in [0.4, 0.5) is 0 Å². The van der Waals surface area contributed by atoms with E-state index in [4.69, 9.17) is 9.97 Å². The van der Waals surface area contributed by atoms with Crippen molar-refractivity contribution in [2.75, 3.05) is 0 Å². The first-order valence-corrected chi connectivity index (χ1v) is 28.6. The molecular weight excluding hydrogens is 1020 g/mol. The van der Waals surface area contributed by atoms with Crippen LogP contribution in [0.2, 0.25) is 0 Å². The second-order valence-corrected chi connectivity index (χ2v) is 21.8. The molecule has 0 N–H and O–H groups in total. The van der Waals surface area contributed by atoms with Gasteiger partial charge in [-0.15, -0.1) is 0 Å². The zero-order chi connectivity index (χ0) is 55.4. The number of rotatable bonds is 9. The van der Waals surface area contributed by atoms with Gasteiger partial charge in [0.15, 0.2) is 5.82 Å². The van der Waals surface area contributed by atoms with E-state index in [2.05, 4.69) is 310 Å². The van der Waals surface area contributed by atoms with E-state index in [9.17, 15) is 0 Å². The maximum absolute atomic E-state index is 5.71. The first-order chi connectivity index (χ1) is 41.6. The molecule has 0 bridgehead atoms. The maximum Gasteiger partial charge on any atom is 0.160 e. The number of nitrogens with zero attached hydrogens (tertiary/aromatic N) is 6. The lowest BCUT2D eigenvalue weighted by Gasteiger charge is -2.18. The second-order valence-electron chi connectivity index (χ2n) is 21.8. The largest absolute Gasteiger partial charge is 0.309 e. The van der Waals surface area contributed by atoms with E-state index in [0.717, 1.165) is 112 Å². The van der Waals surface area contributed by atoms with Crippen molar-refractivity contribution in [3.8, 4) is 67.8 Å². The summed E-state index contributed by atoms with van der Waals surface area (Å²) in [5, 5.41) is 9.59. The molecule has 0 fully saturated rings. The van der Waals surface area contributed by atoms with Crippen molar-refractivity contribution in [2.45, 2.75) is 0 Å². The van der Waals surface area contributed by atoms with Crippen LogP contribution in [0.3, 0.4) is 0 Å². The van der Waals surface area contributed by atoms with Gasteiger partial charge in [0.1, 0.15) is 0 Å². The predicted molar refractivity (Wildman–Crippen MR) is 351 cm³/mol. The first-order valence-electron chi connectivity index (χ1n) is 28.6. The Hall–Kier alpha value is -11.3. The van der Waals surface area contributed by atoms with Gasteiger partial charge in [0.25, 0.3) is 0 Å². The Morgan fingerprint density at radius 2 is 0.512 bits per heavy atom. The number of aromatic nitrogens is 6. The monoisotopic (exact) mass is 1070 g/mol. The molecule has 0 saturated heterocycles. The number of benzene rings is 12. The van der Waals surface area contributed by atoms with Crippen LogP contribution in [0.1, 0.15) is 5.56 Å². The third kappa shape index (κ3) is 7.44. The summed E-state index contributed by atoms with van der Waals surface area (Å²) >= 11 is 0. The van der Waals surface area contributed by atoms with Crippen LogP contribution in [-0.2, 0) is 0 Å². The summed E-state index contributed by atoms with van der Waals surface area (Å²) in [6.07, 6.45) is 1.90. The normalized spacial score (nSPS) is 11.9. The van der Waals surface area contributed by atoms with Crippen molar-refractivity contribution < 1.29 is 0 Å². The predicted octanol–water partition coefficient (Wildman–Crippen LogP) is 20.2. The van der Waals surface area contributed by atoms with E-state index in [0.29, 0.717) is 5.82 Å². The van der Waals surface area contributed by atoms with Gasteiger partial charge < -0.3 is 18.3 Å². The van der Waals surface area contributed by atoms with Crippen LogP contribution in [0.25, 0.3) is 161 Å². The van der Waals surface area contributed by atoms with Crippen molar-refractivity contribution in [2.24, 2.45) is 0 Å². The number of para-hydroxylation sites is 8. The summed E-state index contributed by atoms with van der Waals surface area (Å²) in [7, 11) is 0. The lowest BCUT2D eigenvalue weighted by atomic mass is 10.00. The molecular formula is C78H50N6. The summed E-state index contributed by atoms with van der Waals surface area (Å²) in [5.74, 6) is 0.616. The van der Waals surface area contributed by atoms with E-state index in [-0.39, 0.29) is 0 Å².